The highest BCUT2D eigenvalue weighted by molar-refractivity contribution is 5.76. The quantitative estimate of drug-likeness (QED) is 0.784. The molecule has 0 spiro atoms. The number of rotatable bonds is 8. The van der Waals surface area contributed by atoms with Gasteiger partial charge in [0.2, 0.25) is 5.91 Å². The summed E-state index contributed by atoms with van der Waals surface area (Å²) in [7, 11) is 0. The number of amides is 1. The van der Waals surface area contributed by atoms with Crippen LogP contribution in [0.4, 0.5) is 5.69 Å². The molecule has 20 heavy (non-hydrogen) atoms. The van der Waals surface area contributed by atoms with Gasteiger partial charge in [0.05, 0.1) is 0 Å². The van der Waals surface area contributed by atoms with Gasteiger partial charge in [-0.3, -0.25) is 4.79 Å². The fourth-order valence-electron chi connectivity index (χ4n) is 2.38. The van der Waals surface area contributed by atoms with Gasteiger partial charge in [-0.25, -0.2) is 0 Å². The lowest BCUT2D eigenvalue weighted by molar-refractivity contribution is -0.131. The number of aryl methyl sites for hydroxylation is 2. The largest absolute Gasteiger partial charge is 0.384 e. The Balaban J connectivity index is 2.44. The summed E-state index contributed by atoms with van der Waals surface area (Å²) in [6, 6.07) is 6.34. The zero-order chi connectivity index (χ0) is 15.0. The number of carbonyl (C=O) groups excluding carboxylic acids is 1. The third-order valence-electron chi connectivity index (χ3n) is 3.38. The van der Waals surface area contributed by atoms with Crippen LogP contribution in [0.25, 0.3) is 0 Å². The summed E-state index contributed by atoms with van der Waals surface area (Å²) >= 11 is 0. The van der Waals surface area contributed by atoms with Gasteiger partial charge in [-0.05, 0) is 38.3 Å². The molecule has 0 saturated carbocycles. The van der Waals surface area contributed by atoms with Crippen molar-refractivity contribution in [3.05, 3.63) is 29.3 Å². The second kappa shape index (κ2) is 8.62. The van der Waals surface area contributed by atoms with E-state index >= 15 is 0 Å². The summed E-state index contributed by atoms with van der Waals surface area (Å²) < 4.78 is 0. The van der Waals surface area contributed by atoms with E-state index in [1.54, 1.807) is 0 Å². The van der Waals surface area contributed by atoms with Crippen molar-refractivity contribution >= 4 is 11.6 Å². The third-order valence-corrected chi connectivity index (χ3v) is 3.38. The zero-order valence-corrected chi connectivity index (χ0v) is 13.3. The fraction of sp³-hybridized carbons (Fsp3) is 0.588. The van der Waals surface area contributed by atoms with E-state index in [2.05, 4.69) is 51.2 Å². The van der Waals surface area contributed by atoms with Gasteiger partial charge in [0, 0.05) is 31.7 Å². The number of hydrogen-bond acceptors (Lipinski definition) is 2. The van der Waals surface area contributed by atoms with Crippen molar-refractivity contribution in [1.29, 1.82) is 0 Å². The summed E-state index contributed by atoms with van der Waals surface area (Å²) in [6.07, 6.45) is 2.61. The minimum atomic E-state index is 0.256. The molecule has 0 atom stereocenters. The van der Waals surface area contributed by atoms with Crippen LogP contribution >= 0.6 is 0 Å². The van der Waals surface area contributed by atoms with Crippen LogP contribution in [0.2, 0.25) is 0 Å². The van der Waals surface area contributed by atoms with Crippen LogP contribution in [0.3, 0.4) is 0 Å². The summed E-state index contributed by atoms with van der Waals surface area (Å²) in [5, 5.41) is 3.36. The second-order valence-electron chi connectivity index (χ2n) is 5.38. The van der Waals surface area contributed by atoms with Gasteiger partial charge < -0.3 is 10.2 Å². The van der Waals surface area contributed by atoms with E-state index in [0.29, 0.717) is 13.0 Å². The molecule has 112 valence electrons. The molecule has 0 unspecified atom stereocenters. The normalized spacial score (nSPS) is 10.4. The molecular formula is C17H28N2O. The average Bonchev–Trinajstić information content (AvgIpc) is 2.41. The van der Waals surface area contributed by atoms with Gasteiger partial charge in [0.25, 0.3) is 0 Å². The highest BCUT2D eigenvalue weighted by atomic mass is 16.2. The molecule has 0 radical (unpaired) electrons. The molecule has 3 nitrogen and oxygen atoms in total. The van der Waals surface area contributed by atoms with Crippen molar-refractivity contribution < 1.29 is 4.79 Å². The summed E-state index contributed by atoms with van der Waals surface area (Å²) in [6.45, 7) is 10.9. The topological polar surface area (TPSA) is 32.3 Å². The van der Waals surface area contributed by atoms with Crippen molar-refractivity contribution in [3.8, 4) is 0 Å². The second-order valence-corrected chi connectivity index (χ2v) is 5.38. The van der Waals surface area contributed by atoms with Gasteiger partial charge in [-0.15, -0.1) is 0 Å². The standard InChI is InChI=1S/C17H28N2O/c1-5-11-19(12-6-2)17(20)9-10-18-16-8-7-14(3)13-15(16)4/h7-8,13,18H,5-6,9-12H2,1-4H3. The van der Waals surface area contributed by atoms with Crippen LogP contribution in [0.5, 0.6) is 0 Å². The maximum Gasteiger partial charge on any atom is 0.224 e. The first-order valence-corrected chi connectivity index (χ1v) is 7.67. The Morgan fingerprint density at radius 3 is 2.35 bits per heavy atom. The molecule has 0 bridgehead atoms. The fourth-order valence-corrected chi connectivity index (χ4v) is 2.38. The van der Waals surface area contributed by atoms with E-state index in [0.717, 1.165) is 31.6 Å². The number of anilines is 1. The van der Waals surface area contributed by atoms with Crippen molar-refractivity contribution in [1.82, 2.24) is 4.90 Å². The van der Waals surface area contributed by atoms with Crippen molar-refractivity contribution in [2.75, 3.05) is 25.0 Å². The Bertz CT molecular complexity index is 423. The first-order chi connectivity index (χ1) is 9.58. The summed E-state index contributed by atoms with van der Waals surface area (Å²) in [4.78, 5) is 14.1. The smallest absolute Gasteiger partial charge is 0.224 e. The van der Waals surface area contributed by atoms with Crippen LogP contribution in [0.1, 0.15) is 44.2 Å². The summed E-state index contributed by atoms with van der Waals surface area (Å²) in [5.74, 6) is 0.256. The van der Waals surface area contributed by atoms with Crippen molar-refractivity contribution in [2.24, 2.45) is 0 Å². The van der Waals surface area contributed by atoms with E-state index in [1.807, 2.05) is 4.90 Å². The molecule has 1 aromatic rings. The Morgan fingerprint density at radius 2 is 1.80 bits per heavy atom. The van der Waals surface area contributed by atoms with Gasteiger partial charge in [0.1, 0.15) is 0 Å². The number of hydrogen-bond donors (Lipinski definition) is 1. The van der Waals surface area contributed by atoms with E-state index < -0.39 is 0 Å². The molecule has 0 aliphatic rings. The molecule has 0 heterocycles. The molecule has 3 heteroatoms. The lowest BCUT2D eigenvalue weighted by atomic mass is 10.1. The van der Waals surface area contributed by atoms with Gasteiger partial charge in [-0.1, -0.05) is 31.5 Å². The Kier molecular flexibility index (Phi) is 7.13. The first-order valence-electron chi connectivity index (χ1n) is 7.67. The average molecular weight is 276 g/mol. The van der Waals surface area contributed by atoms with Gasteiger partial charge >= 0.3 is 0 Å². The minimum Gasteiger partial charge on any atom is -0.384 e. The molecule has 0 saturated heterocycles. The van der Waals surface area contributed by atoms with Gasteiger partial charge in [0.15, 0.2) is 0 Å². The minimum absolute atomic E-state index is 0.256. The highest BCUT2D eigenvalue weighted by Gasteiger charge is 2.11. The van der Waals surface area contributed by atoms with Crippen LogP contribution in [-0.4, -0.2) is 30.4 Å². The number of nitrogens with zero attached hydrogens (tertiary/aromatic N) is 1. The van der Waals surface area contributed by atoms with Crippen molar-refractivity contribution in [2.45, 2.75) is 47.0 Å². The highest BCUT2D eigenvalue weighted by Crippen LogP contribution is 2.15. The first kappa shape index (κ1) is 16.5. The lowest BCUT2D eigenvalue weighted by Gasteiger charge is -2.21. The van der Waals surface area contributed by atoms with E-state index in [4.69, 9.17) is 0 Å². The van der Waals surface area contributed by atoms with Crippen LogP contribution in [0, 0.1) is 13.8 Å². The van der Waals surface area contributed by atoms with Crippen LogP contribution in [0.15, 0.2) is 18.2 Å². The van der Waals surface area contributed by atoms with Crippen LogP contribution in [-0.2, 0) is 4.79 Å². The zero-order valence-electron chi connectivity index (χ0n) is 13.3. The number of benzene rings is 1. The number of nitrogens with one attached hydrogen (secondary N) is 1. The molecular weight excluding hydrogens is 248 g/mol. The maximum atomic E-state index is 12.1. The lowest BCUT2D eigenvalue weighted by Crippen LogP contribution is -2.33. The van der Waals surface area contributed by atoms with Crippen LogP contribution < -0.4 is 5.32 Å². The SMILES string of the molecule is CCCN(CCC)C(=O)CCNc1ccc(C)cc1C. The molecule has 0 aliphatic carbocycles. The Labute approximate surface area is 123 Å². The third kappa shape index (κ3) is 5.24. The molecule has 0 aromatic heterocycles. The number of carbonyl (C=O) groups is 1. The molecule has 0 aliphatic heterocycles. The van der Waals surface area contributed by atoms with Gasteiger partial charge in [-0.2, -0.15) is 0 Å². The molecule has 1 rings (SSSR count). The van der Waals surface area contributed by atoms with Crippen molar-refractivity contribution in [3.63, 3.8) is 0 Å². The van der Waals surface area contributed by atoms with E-state index in [-0.39, 0.29) is 5.91 Å². The molecule has 0 fully saturated rings. The monoisotopic (exact) mass is 276 g/mol. The molecule has 1 aromatic carbocycles. The molecule has 1 amide bonds. The van der Waals surface area contributed by atoms with E-state index in [9.17, 15) is 4.79 Å². The predicted molar refractivity (Wildman–Crippen MR) is 86.2 cm³/mol. The summed E-state index contributed by atoms with van der Waals surface area (Å²) in [5.41, 5.74) is 3.62. The Morgan fingerprint density at radius 1 is 1.15 bits per heavy atom. The van der Waals surface area contributed by atoms with E-state index in [1.165, 1.54) is 11.1 Å². The Hall–Kier alpha value is -1.51. The molecule has 1 N–H and O–H groups in total. The predicted octanol–water partition coefficient (Wildman–Crippen LogP) is 3.75. The maximum absolute atomic E-state index is 12.1.